The van der Waals surface area contributed by atoms with Crippen LogP contribution in [0.5, 0.6) is 0 Å². The molecule has 0 bridgehead atoms. The molecular formula is C25H23ClN8O2. The van der Waals surface area contributed by atoms with E-state index in [9.17, 15) is 4.79 Å². The topological polar surface area (TPSA) is 138 Å². The van der Waals surface area contributed by atoms with Crippen LogP contribution in [-0.4, -0.2) is 29.7 Å². The molecule has 0 saturated heterocycles. The van der Waals surface area contributed by atoms with E-state index in [1.165, 1.54) is 6.33 Å². The second-order valence-electron chi connectivity index (χ2n) is 8.30. The van der Waals surface area contributed by atoms with Gasteiger partial charge in [0.15, 0.2) is 0 Å². The SMILES string of the molecule is CC[C@H](Nc1ncnc(N)c1-c1nnc(C)o1)c1nc2cccc(Cl)c2c(=O)n1-c1cccc(C)c1. The predicted molar refractivity (Wildman–Crippen MR) is 138 cm³/mol. The highest BCUT2D eigenvalue weighted by molar-refractivity contribution is 6.35. The molecule has 0 saturated carbocycles. The number of hydrogen-bond acceptors (Lipinski definition) is 9. The van der Waals surface area contributed by atoms with Crippen molar-refractivity contribution in [3.63, 3.8) is 0 Å². The first kappa shape index (κ1) is 23.4. The maximum Gasteiger partial charge on any atom is 0.267 e. The van der Waals surface area contributed by atoms with Crippen LogP contribution in [0.25, 0.3) is 28.0 Å². The van der Waals surface area contributed by atoms with Crippen LogP contribution in [0.2, 0.25) is 5.02 Å². The van der Waals surface area contributed by atoms with E-state index in [0.717, 1.165) is 5.56 Å². The lowest BCUT2D eigenvalue weighted by Crippen LogP contribution is -2.28. The molecule has 0 aliphatic carbocycles. The molecule has 0 radical (unpaired) electrons. The van der Waals surface area contributed by atoms with Gasteiger partial charge >= 0.3 is 0 Å². The van der Waals surface area contributed by atoms with Crippen molar-refractivity contribution in [3.05, 3.63) is 81.4 Å². The zero-order chi connectivity index (χ0) is 25.4. The van der Waals surface area contributed by atoms with Gasteiger partial charge in [-0.2, -0.15) is 0 Å². The molecule has 36 heavy (non-hydrogen) atoms. The summed E-state index contributed by atoms with van der Waals surface area (Å²) in [4.78, 5) is 27.2. The van der Waals surface area contributed by atoms with Crippen LogP contribution in [0.1, 0.15) is 36.7 Å². The van der Waals surface area contributed by atoms with Crippen molar-refractivity contribution in [1.29, 1.82) is 0 Å². The summed E-state index contributed by atoms with van der Waals surface area (Å²) in [6.07, 6.45) is 1.91. The number of halogens is 1. The normalized spacial score (nSPS) is 12.1. The van der Waals surface area contributed by atoms with Gasteiger partial charge in [0.1, 0.15) is 29.4 Å². The quantitative estimate of drug-likeness (QED) is 0.340. The minimum absolute atomic E-state index is 0.181. The Morgan fingerprint density at radius 1 is 1.14 bits per heavy atom. The third kappa shape index (κ3) is 4.16. The summed E-state index contributed by atoms with van der Waals surface area (Å²) in [7, 11) is 0. The van der Waals surface area contributed by atoms with E-state index in [-0.39, 0.29) is 17.3 Å². The smallest absolute Gasteiger partial charge is 0.267 e. The van der Waals surface area contributed by atoms with Crippen molar-refractivity contribution >= 4 is 34.1 Å². The molecule has 182 valence electrons. The molecule has 0 spiro atoms. The minimum atomic E-state index is -0.446. The number of nitrogens with two attached hydrogens (primary N) is 1. The van der Waals surface area contributed by atoms with Gasteiger partial charge in [0.25, 0.3) is 11.4 Å². The Morgan fingerprint density at radius 2 is 1.94 bits per heavy atom. The Kier molecular flexibility index (Phi) is 6.11. The molecule has 3 heterocycles. The number of aromatic nitrogens is 6. The number of aryl methyl sites for hydroxylation is 2. The predicted octanol–water partition coefficient (Wildman–Crippen LogP) is 4.64. The lowest BCUT2D eigenvalue weighted by atomic mass is 10.1. The number of nitrogens with one attached hydrogen (secondary N) is 1. The number of fused-ring (bicyclic) bond motifs is 1. The Balaban J connectivity index is 1.72. The molecule has 0 amide bonds. The maximum atomic E-state index is 13.8. The highest BCUT2D eigenvalue weighted by Crippen LogP contribution is 2.33. The van der Waals surface area contributed by atoms with Crippen molar-refractivity contribution < 1.29 is 4.42 Å². The highest BCUT2D eigenvalue weighted by Gasteiger charge is 2.25. The molecule has 0 aliphatic heterocycles. The summed E-state index contributed by atoms with van der Waals surface area (Å²) in [5.74, 6) is 1.63. The first-order valence-corrected chi connectivity index (χ1v) is 11.7. The molecule has 0 aliphatic rings. The van der Waals surface area contributed by atoms with Gasteiger partial charge in [0.05, 0.1) is 27.7 Å². The Morgan fingerprint density at radius 3 is 2.67 bits per heavy atom. The largest absolute Gasteiger partial charge is 0.421 e. The van der Waals surface area contributed by atoms with Gasteiger partial charge < -0.3 is 15.5 Å². The first-order valence-electron chi connectivity index (χ1n) is 11.3. The van der Waals surface area contributed by atoms with Crippen molar-refractivity contribution in [2.45, 2.75) is 33.2 Å². The van der Waals surface area contributed by atoms with E-state index in [1.807, 2.05) is 38.1 Å². The van der Waals surface area contributed by atoms with Crippen molar-refractivity contribution in [2.75, 3.05) is 11.1 Å². The third-order valence-electron chi connectivity index (χ3n) is 5.78. The molecule has 2 aromatic carbocycles. The zero-order valence-corrected chi connectivity index (χ0v) is 20.6. The number of rotatable bonds is 6. The number of anilines is 2. The van der Waals surface area contributed by atoms with Gasteiger partial charge in [-0.05, 0) is 43.2 Å². The molecule has 5 aromatic rings. The third-order valence-corrected chi connectivity index (χ3v) is 6.09. The molecule has 11 heteroatoms. The fourth-order valence-electron chi connectivity index (χ4n) is 4.09. The standard InChI is InChI=1S/C25H23ClN8O2/c1-4-17(30-22-20(21(27)28-12-29-22)24-33-32-14(3)36-24)23-31-18-10-6-9-16(26)19(18)25(35)34(23)15-8-5-7-13(2)11-15/h5-12,17H,4H2,1-3H3,(H3,27,28,29,30)/t17-/m0/s1. The van der Waals surface area contributed by atoms with Crippen molar-refractivity contribution in [2.24, 2.45) is 0 Å². The van der Waals surface area contributed by atoms with E-state index in [4.69, 9.17) is 26.7 Å². The van der Waals surface area contributed by atoms with Crippen molar-refractivity contribution in [3.8, 4) is 17.1 Å². The fraction of sp³-hybridized carbons (Fsp3) is 0.200. The van der Waals surface area contributed by atoms with Crippen LogP contribution < -0.4 is 16.6 Å². The second kappa shape index (κ2) is 9.38. The highest BCUT2D eigenvalue weighted by atomic mass is 35.5. The van der Waals surface area contributed by atoms with E-state index < -0.39 is 6.04 Å². The average Bonchev–Trinajstić information content (AvgIpc) is 3.28. The van der Waals surface area contributed by atoms with Gasteiger partial charge in [-0.25, -0.2) is 15.0 Å². The van der Waals surface area contributed by atoms with E-state index in [0.29, 0.717) is 51.1 Å². The first-order chi connectivity index (χ1) is 17.4. The fourth-order valence-corrected chi connectivity index (χ4v) is 4.34. The second-order valence-corrected chi connectivity index (χ2v) is 8.70. The molecule has 1 atom stereocenters. The monoisotopic (exact) mass is 502 g/mol. The summed E-state index contributed by atoms with van der Waals surface area (Å²) in [6, 6.07) is 12.4. The summed E-state index contributed by atoms with van der Waals surface area (Å²) < 4.78 is 7.19. The lowest BCUT2D eigenvalue weighted by Gasteiger charge is -2.23. The Bertz CT molecular complexity index is 1650. The molecule has 10 nitrogen and oxygen atoms in total. The van der Waals surface area contributed by atoms with Gasteiger partial charge in [-0.15, -0.1) is 10.2 Å². The van der Waals surface area contributed by atoms with Crippen LogP contribution >= 0.6 is 11.6 Å². The number of nitrogens with zero attached hydrogens (tertiary/aromatic N) is 6. The lowest BCUT2D eigenvalue weighted by molar-refractivity contribution is 0.532. The molecule has 5 rings (SSSR count). The van der Waals surface area contributed by atoms with Crippen LogP contribution in [-0.2, 0) is 0 Å². The van der Waals surface area contributed by atoms with Gasteiger partial charge in [-0.1, -0.05) is 36.7 Å². The molecular weight excluding hydrogens is 480 g/mol. The van der Waals surface area contributed by atoms with Crippen molar-refractivity contribution in [1.82, 2.24) is 29.7 Å². The van der Waals surface area contributed by atoms with Gasteiger partial charge in [0, 0.05) is 6.92 Å². The Labute approximate surface area is 211 Å². The maximum absolute atomic E-state index is 13.8. The number of nitrogen functional groups attached to an aromatic ring is 1. The summed E-state index contributed by atoms with van der Waals surface area (Å²) >= 11 is 6.43. The van der Waals surface area contributed by atoms with E-state index in [2.05, 4.69) is 25.5 Å². The number of hydrogen-bond donors (Lipinski definition) is 2. The summed E-state index contributed by atoms with van der Waals surface area (Å²) in [5.41, 5.74) is 8.47. The van der Waals surface area contributed by atoms with E-state index >= 15 is 0 Å². The van der Waals surface area contributed by atoms with Gasteiger partial charge in [-0.3, -0.25) is 9.36 Å². The van der Waals surface area contributed by atoms with Crippen LogP contribution in [0.4, 0.5) is 11.6 Å². The molecule has 0 unspecified atom stereocenters. The van der Waals surface area contributed by atoms with Gasteiger partial charge in [0.2, 0.25) is 5.89 Å². The molecule has 0 fully saturated rings. The Hall–Kier alpha value is -4.31. The zero-order valence-electron chi connectivity index (χ0n) is 19.9. The molecule has 3 aromatic heterocycles. The van der Waals surface area contributed by atoms with Crippen LogP contribution in [0.15, 0.2) is 58.0 Å². The average molecular weight is 503 g/mol. The van der Waals surface area contributed by atoms with Crippen LogP contribution in [0.3, 0.4) is 0 Å². The minimum Gasteiger partial charge on any atom is -0.421 e. The van der Waals surface area contributed by atoms with E-state index in [1.54, 1.807) is 29.7 Å². The molecule has 3 N–H and O–H groups in total. The summed E-state index contributed by atoms with van der Waals surface area (Å²) in [5, 5.41) is 12.1. The number of benzene rings is 2. The van der Waals surface area contributed by atoms with Crippen LogP contribution in [0, 0.1) is 13.8 Å². The summed E-state index contributed by atoms with van der Waals surface area (Å²) in [6.45, 7) is 5.63.